The van der Waals surface area contributed by atoms with Crippen LogP contribution in [-0.2, 0) is 6.54 Å². The standard InChI is InChI=1S/C14H18ClN3O2/c1-10(2)18(7-8-19)9-13-16-17-14(20-13)11-3-5-12(15)6-4-11/h3-6,10,19H,7-9H2,1-2H3. The van der Waals surface area contributed by atoms with Gasteiger partial charge >= 0.3 is 0 Å². The Morgan fingerprint density at radius 1 is 1.25 bits per heavy atom. The normalized spacial score (nSPS) is 11.5. The molecule has 0 aliphatic rings. The van der Waals surface area contributed by atoms with Crippen LogP contribution in [0.25, 0.3) is 11.5 Å². The van der Waals surface area contributed by atoms with Crippen LogP contribution in [0.15, 0.2) is 28.7 Å². The van der Waals surface area contributed by atoms with Crippen molar-refractivity contribution in [1.29, 1.82) is 0 Å². The van der Waals surface area contributed by atoms with Gasteiger partial charge in [0.05, 0.1) is 13.2 Å². The monoisotopic (exact) mass is 295 g/mol. The molecule has 0 atom stereocenters. The molecule has 0 bridgehead atoms. The minimum Gasteiger partial charge on any atom is -0.419 e. The smallest absolute Gasteiger partial charge is 0.247 e. The maximum atomic E-state index is 9.05. The lowest BCUT2D eigenvalue weighted by Gasteiger charge is -2.23. The van der Waals surface area contributed by atoms with E-state index < -0.39 is 0 Å². The second-order valence-electron chi connectivity index (χ2n) is 4.80. The van der Waals surface area contributed by atoms with Crippen molar-refractivity contribution in [3.8, 4) is 11.5 Å². The van der Waals surface area contributed by atoms with Crippen molar-refractivity contribution in [3.05, 3.63) is 35.2 Å². The first-order valence-electron chi connectivity index (χ1n) is 6.53. The Morgan fingerprint density at radius 2 is 1.95 bits per heavy atom. The summed E-state index contributed by atoms with van der Waals surface area (Å²) in [7, 11) is 0. The van der Waals surface area contributed by atoms with Crippen LogP contribution < -0.4 is 0 Å². The van der Waals surface area contributed by atoms with Gasteiger partial charge < -0.3 is 9.52 Å². The van der Waals surface area contributed by atoms with Crippen LogP contribution in [0.3, 0.4) is 0 Å². The third kappa shape index (κ3) is 3.79. The van der Waals surface area contributed by atoms with Gasteiger partial charge in [0.15, 0.2) is 0 Å². The maximum Gasteiger partial charge on any atom is 0.247 e. The summed E-state index contributed by atoms with van der Waals surface area (Å²) in [5, 5.41) is 17.8. The molecule has 0 amide bonds. The molecule has 0 spiro atoms. The van der Waals surface area contributed by atoms with Crippen molar-refractivity contribution in [2.75, 3.05) is 13.2 Å². The zero-order valence-corrected chi connectivity index (χ0v) is 12.3. The first-order chi connectivity index (χ1) is 9.60. The third-order valence-electron chi connectivity index (χ3n) is 3.01. The van der Waals surface area contributed by atoms with Gasteiger partial charge in [-0.05, 0) is 38.1 Å². The van der Waals surface area contributed by atoms with Crippen molar-refractivity contribution in [2.24, 2.45) is 0 Å². The lowest BCUT2D eigenvalue weighted by molar-refractivity contribution is 0.148. The van der Waals surface area contributed by atoms with Crippen LogP contribution in [0, 0.1) is 0 Å². The van der Waals surface area contributed by atoms with Gasteiger partial charge in [-0.2, -0.15) is 0 Å². The Labute approximate surface area is 123 Å². The van der Waals surface area contributed by atoms with Crippen LogP contribution in [0.4, 0.5) is 0 Å². The van der Waals surface area contributed by atoms with Crippen molar-refractivity contribution < 1.29 is 9.52 Å². The number of benzene rings is 1. The van der Waals surface area contributed by atoms with Crippen LogP contribution >= 0.6 is 11.6 Å². The summed E-state index contributed by atoms with van der Waals surface area (Å²) in [5.41, 5.74) is 0.839. The fourth-order valence-corrected chi connectivity index (χ4v) is 1.97. The average molecular weight is 296 g/mol. The van der Waals surface area contributed by atoms with E-state index in [0.717, 1.165) is 5.56 Å². The van der Waals surface area contributed by atoms with E-state index in [9.17, 15) is 0 Å². The van der Waals surface area contributed by atoms with Gasteiger partial charge in [-0.25, -0.2) is 0 Å². The van der Waals surface area contributed by atoms with E-state index in [-0.39, 0.29) is 6.61 Å². The second kappa shape index (κ2) is 6.83. The van der Waals surface area contributed by atoms with Crippen LogP contribution in [0.2, 0.25) is 5.02 Å². The molecule has 6 heteroatoms. The molecular weight excluding hydrogens is 278 g/mol. The predicted octanol–water partition coefficient (Wildman–Crippen LogP) is 2.59. The second-order valence-corrected chi connectivity index (χ2v) is 5.23. The zero-order chi connectivity index (χ0) is 14.5. The number of hydrogen-bond donors (Lipinski definition) is 1. The Balaban J connectivity index is 2.10. The number of aliphatic hydroxyl groups is 1. The number of halogens is 1. The van der Waals surface area contributed by atoms with Crippen molar-refractivity contribution in [1.82, 2.24) is 15.1 Å². The molecule has 1 aromatic heterocycles. The van der Waals surface area contributed by atoms with E-state index in [1.807, 2.05) is 12.1 Å². The minimum atomic E-state index is 0.107. The molecule has 0 saturated carbocycles. The Kier molecular flexibility index (Phi) is 5.11. The molecule has 5 nitrogen and oxygen atoms in total. The quantitative estimate of drug-likeness (QED) is 0.887. The van der Waals surface area contributed by atoms with Gasteiger partial charge in [0.2, 0.25) is 11.8 Å². The van der Waals surface area contributed by atoms with Gasteiger partial charge in [-0.15, -0.1) is 10.2 Å². The average Bonchev–Trinajstić information content (AvgIpc) is 2.87. The molecule has 2 aromatic rings. The molecule has 0 aliphatic carbocycles. The van der Waals surface area contributed by atoms with Gasteiger partial charge in [-0.3, -0.25) is 4.90 Å². The number of rotatable bonds is 6. The van der Waals surface area contributed by atoms with Crippen molar-refractivity contribution in [3.63, 3.8) is 0 Å². The molecule has 2 rings (SSSR count). The summed E-state index contributed by atoms with van der Waals surface area (Å²) in [6.07, 6.45) is 0. The molecule has 1 heterocycles. The van der Waals surface area contributed by atoms with E-state index >= 15 is 0 Å². The lowest BCUT2D eigenvalue weighted by Crippen LogP contribution is -2.33. The molecule has 0 saturated heterocycles. The predicted molar refractivity (Wildman–Crippen MR) is 77.4 cm³/mol. The van der Waals surface area contributed by atoms with E-state index in [4.69, 9.17) is 21.1 Å². The first-order valence-corrected chi connectivity index (χ1v) is 6.91. The Morgan fingerprint density at radius 3 is 2.55 bits per heavy atom. The summed E-state index contributed by atoms with van der Waals surface area (Å²) in [6, 6.07) is 7.55. The van der Waals surface area contributed by atoms with Gasteiger partial charge in [0.25, 0.3) is 0 Å². The van der Waals surface area contributed by atoms with Crippen LogP contribution in [0.5, 0.6) is 0 Å². The number of aliphatic hydroxyl groups excluding tert-OH is 1. The van der Waals surface area contributed by atoms with Gasteiger partial charge in [0, 0.05) is 23.2 Å². The van der Waals surface area contributed by atoms with E-state index in [1.54, 1.807) is 12.1 Å². The molecule has 108 valence electrons. The Bertz CT molecular complexity index is 540. The summed E-state index contributed by atoms with van der Waals surface area (Å²) in [6.45, 7) is 5.34. The highest BCUT2D eigenvalue weighted by molar-refractivity contribution is 6.30. The third-order valence-corrected chi connectivity index (χ3v) is 3.27. The van der Waals surface area contributed by atoms with Gasteiger partial charge in [0.1, 0.15) is 0 Å². The molecule has 1 N–H and O–H groups in total. The van der Waals surface area contributed by atoms with E-state index in [1.165, 1.54) is 0 Å². The highest BCUT2D eigenvalue weighted by Gasteiger charge is 2.14. The number of nitrogens with zero attached hydrogens (tertiary/aromatic N) is 3. The molecule has 1 aromatic carbocycles. The molecule has 0 fully saturated rings. The largest absolute Gasteiger partial charge is 0.419 e. The number of aromatic nitrogens is 2. The summed E-state index contributed by atoms with van der Waals surface area (Å²) in [4.78, 5) is 2.07. The molecule has 0 aliphatic heterocycles. The highest BCUT2D eigenvalue weighted by atomic mass is 35.5. The zero-order valence-electron chi connectivity index (χ0n) is 11.6. The Hall–Kier alpha value is -1.43. The first kappa shape index (κ1) is 15.0. The molecule has 0 unspecified atom stereocenters. The maximum absolute atomic E-state index is 9.05. The minimum absolute atomic E-state index is 0.107. The van der Waals surface area contributed by atoms with Crippen molar-refractivity contribution >= 4 is 11.6 Å². The van der Waals surface area contributed by atoms with Gasteiger partial charge in [-0.1, -0.05) is 11.6 Å². The lowest BCUT2D eigenvalue weighted by atomic mass is 10.2. The summed E-state index contributed by atoms with van der Waals surface area (Å²) < 4.78 is 5.65. The summed E-state index contributed by atoms with van der Waals surface area (Å²) >= 11 is 5.85. The number of hydrogen-bond acceptors (Lipinski definition) is 5. The topological polar surface area (TPSA) is 62.4 Å². The molecule has 0 radical (unpaired) electrons. The van der Waals surface area contributed by atoms with Crippen LogP contribution in [-0.4, -0.2) is 39.4 Å². The summed E-state index contributed by atoms with van der Waals surface area (Å²) in [5.74, 6) is 1.02. The van der Waals surface area contributed by atoms with E-state index in [2.05, 4.69) is 28.9 Å². The fraction of sp³-hybridized carbons (Fsp3) is 0.429. The SMILES string of the molecule is CC(C)N(CCO)Cc1nnc(-c2ccc(Cl)cc2)o1. The van der Waals surface area contributed by atoms with Crippen LogP contribution in [0.1, 0.15) is 19.7 Å². The van der Waals surface area contributed by atoms with E-state index in [0.29, 0.717) is 35.9 Å². The fourth-order valence-electron chi connectivity index (χ4n) is 1.85. The van der Waals surface area contributed by atoms with Crippen molar-refractivity contribution in [2.45, 2.75) is 26.4 Å². The highest BCUT2D eigenvalue weighted by Crippen LogP contribution is 2.20. The molecular formula is C14H18ClN3O2. The molecule has 20 heavy (non-hydrogen) atoms.